The first-order chi connectivity index (χ1) is 10.6. The van der Waals surface area contributed by atoms with Crippen molar-refractivity contribution in [2.45, 2.75) is 38.7 Å². The molecule has 1 aromatic carbocycles. The van der Waals surface area contributed by atoms with Gasteiger partial charge in [0.1, 0.15) is 5.75 Å². The Balaban J connectivity index is 1.87. The minimum absolute atomic E-state index is 0.0119. The number of ether oxygens (including phenoxy) is 1. The summed E-state index contributed by atoms with van der Waals surface area (Å²) >= 11 is 0. The maximum atomic E-state index is 12.3. The van der Waals surface area contributed by atoms with Crippen molar-refractivity contribution < 1.29 is 14.4 Å². The number of carbonyl (C=O) groups is 1. The summed E-state index contributed by atoms with van der Waals surface area (Å²) in [5, 5.41) is 4.08. The van der Waals surface area contributed by atoms with Crippen LogP contribution < -0.4 is 4.74 Å². The van der Waals surface area contributed by atoms with E-state index >= 15 is 0 Å². The molecule has 1 aliphatic heterocycles. The van der Waals surface area contributed by atoms with E-state index < -0.39 is 6.10 Å². The van der Waals surface area contributed by atoms with Crippen LogP contribution in [-0.2, 0) is 16.1 Å². The Labute approximate surface area is 131 Å². The van der Waals surface area contributed by atoms with Crippen molar-refractivity contribution in [3.8, 4) is 5.75 Å². The quantitative estimate of drug-likeness (QED) is 0.778. The first-order valence-corrected chi connectivity index (χ1v) is 7.73. The van der Waals surface area contributed by atoms with Crippen LogP contribution in [0.3, 0.4) is 0 Å². The number of rotatable bonds is 7. The van der Waals surface area contributed by atoms with E-state index in [1.165, 1.54) is 0 Å². The Morgan fingerprint density at radius 1 is 1.50 bits per heavy atom. The summed E-state index contributed by atoms with van der Waals surface area (Å²) in [5.74, 6) is 0.835. The number of hydrogen-bond donors (Lipinski definition) is 0. The average Bonchev–Trinajstić information content (AvgIpc) is 3.00. The standard InChI is InChI=1S/C17H24N2O3/c1-4-5-9-19(2)17(20)16-12-14(18-22-16)10-13-7-6-8-15(11-13)21-3/h6-8,11,16H,4-5,9-10,12H2,1-3H3/t16-/m1/s1. The van der Waals surface area contributed by atoms with Crippen LogP contribution in [0.2, 0.25) is 0 Å². The fourth-order valence-electron chi connectivity index (χ4n) is 2.43. The molecule has 0 spiro atoms. The topological polar surface area (TPSA) is 51.1 Å². The highest BCUT2D eigenvalue weighted by Gasteiger charge is 2.30. The smallest absolute Gasteiger partial charge is 0.266 e. The molecule has 2 rings (SSSR count). The van der Waals surface area contributed by atoms with Crippen LogP contribution in [-0.4, -0.2) is 43.3 Å². The van der Waals surface area contributed by atoms with Gasteiger partial charge in [0.05, 0.1) is 12.8 Å². The molecular weight excluding hydrogens is 280 g/mol. The number of nitrogens with zero attached hydrogens (tertiary/aromatic N) is 2. The van der Waals surface area contributed by atoms with E-state index in [2.05, 4.69) is 12.1 Å². The highest BCUT2D eigenvalue weighted by atomic mass is 16.6. The van der Waals surface area contributed by atoms with Crippen molar-refractivity contribution in [2.75, 3.05) is 20.7 Å². The number of carbonyl (C=O) groups excluding carboxylic acids is 1. The molecule has 0 saturated carbocycles. The van der Waals surface area contributed by atoms with E-state index in [1.807, 2.05) is 31.3 Å². The van der Waals surface area contributed by atoms with Gasteiger partial charge in [0.25, 0.3) is 5.91 Å². The highest BCUT2D eigenvalue weighted by molar-refractivity contribution is 5.93. The van der Waals surface area contributed by atoms with Crippen molar-refractivity contribution in [2.24, 2.45) is 5.16 Å². The molecule has 0 unspecified atom stereocenters. The van der Waals surface area contributed by atoms with Gasteiger partial charge in [-0.1, -0.05) is 30.6 Å². The number of likely N-dealkylation sites (N-methyl/N-ethyl adjacent to an activating group) is 1. The third kappa shape index (κ3) is 4.23. The van der Waals surface area contributed by atoms with Crippen LogP contribution >= 0.6 is 0 Å². The summed E-state index contributed by atoms with van der Waals surface area (Å²) in [6.45, 7) is 2.88. The Morgan fingerprint density at radius 3 is 3.05 bits per heavy atom. The number of methoxy groups -OCH3 is 1. The minimum Gasteiger partial charge on any atom is -0.497 e. The minimum atomic E-state index is -0.470. The third-order valence-electron chi connectivity index (χ3n) is 3.77. The second kappa shape index (κ2) is 7.82. The van der Waals surface area contributed by atoms with Gasteiger partial charge in [-0.05, 0) is 24.1 Å². The predicted octanol–water partition coefficient (Wildman–Crippen LogP) is 2.64. The molecule has 0 fully saturated rings. The largest absolute Gasteiger partial charge is 0.497 e. The molecule has 1 heterocycles. The van der Waals surface area contributed by atoms with Gasteiger partial charge in [-0.3, -0.25) is 4.79 Å². The second-order valence-corrected chi connectivity index (χ2v) is 5.60. The molecule has 5 nitrogen and oxygen atoms in total. The van der Waals surface area contributed by atoms with Gasteiger partial charge in [0.15, 0.2) is 0 Å². The fourth-order valence-corrected chi connectivity index (χ4v) is 2.43. The first kappa shape index (κ1) is 16.3. The van der Waals surface area contributed by atoms with Crippen LogP contribution in [0.5, 0.6) is 5.75 Å². The van der Waals surface area contributed by atoms with E-state index in [1.54, 1.807) is 12.0 Å². The summed E-state index contributed by atoms with van der Waals surface area (Å²) in [6, 6.07) is 7.86. The molecule has 0 aromatic heterocycles. The molecular formula is C17H24N2O3. The summed E-state index contributed by atoms with van der Waals surface area (Å²) in [7, 11) is 3.47. The normalized spacial score (nSPS) is 16.9. The number of unbranched alkanes of at least 4 members (excludes halogenated alkanes) is 1. The SMILES string of the molecule is CCCCN(C)C(=O)[C@H]1CC(Cc2cccc(OC)c2)=NO1. The van der Waals surface area contributed by atoms with Crippen LogP contribution in [0.15, 0.2) is 29.4 Å². The lowest BCUT2D eigenvalue weighted by molar-refractivity contribution is -0.140. The van der Waals surface area contributed by atoms with E-state index in [9.17, 15) is 4.79 Å². The van der Waals surface area contributed by atoms with Crippen molar-refractivity contribution in [3.05, 3.63) is 29.8 Å². The van der Waals surface area contributed by atoms with E-state index in [4.69, 9.17) is 9.57 Å². The van der Waals surface area contributed by atoms with Gasteiger partial charge in [-0.2, -0.15) is 0 Å². The number of amides is 1. The second-order valence-electron chi connectivity index (χ2n) is 5.60. The van der Waals surface area contributed by atoms with Gasteiger partial charge in [0.2, 0.25) is 6.10 Å². The van der Waals surface area contributed by atoms with E-state index in [0.717, 1.165) is 36.4 Å². The lowest BCUT2D eigenvalue weighted by Crippen LogP contribution is -2.37. The molecule has 0 saturated heterocycles. The van der Waals surface area contributed by atoms with Crippen molar-refractivity contribution >= 4 is 11.6 Å². The Bertz CT molecular complexity index is 542. The molecule has 1 amide bonds. The van der Waals surface area contributed by atoms with Crippen LogP contribution in [0.25, 0.3) is 0 Å². The molecule has 5 heteroatoms. The number of oxime groups is 1. The van der Waals surface area contributed by atoms with Crippen LogP contribution in [0.1, 0.15) is 31.7 Å². The monoisotopic (exact) mass is 304 g/mol. The Morgan fingerprint density at radius 2 is 2.32 bits per heavy atom. The zero-order valence-electron chi connectivity index (χ0n) is 13.5. The van der Waals surface area contributed by atoms with Crippen molar-refractivity contribution in [1.29, 1.82) is 0 Å². The molecule has 1 atom stereocenters. The molecule has 1 aromatic rings. The number of hydrogen-bond acceptors (Lipinski definition) is 4. The third-order valence-corrected chi connectivity index (χ3v) is 3.77. The lowest BCUT2D eigenvalue weighted by Gasteiger charge is -2.19. The van der Waals surface area contributed by atoms with Crippen LogP contribution in [0, 0.1) is 0 Å². The Kier molecular flexibility index (Phi) is 5.81. The lowest BCUT2D eigenvalue weighted by atomic mass is 10.0. The summed E-state index contributed by atoms with van der Waals surface area (Å²) < 4.78 is 5.22. The maximum Gasteiger partial charge on any atom is 0.266 e. The molecule has 0 bridgehead atoms. The van der Waals surface area contributed by atoms with Gasteiger partial charge in [-0.15, -0.1) is 0 Å². The summed E-state index contributed by atoms with van der Waals surface area (Å²) in [5.41, 5.74) is 2.00. The predicted molar refractivity (Wildman–Crippen MR) is 86.2 cm³/mol. The molecule has 0 N–H and O–H groups in total. The molecule has 22 heavy (non-hydrogen) atoms. The first-order valence-electron chi connectivity index (χ1n) is 7.73. The highest BCUT2D eigenvalue weighted by Crippen LogP contribution is 2.19. The van der Waals surface area contributed by atoms with Crippen LogP contribution in [0.4, 0.5) is 0 Å². The molecule has 120 valence electrons. The maximum absolute atomic E-state index is 12.3. The van der Waals surface area contributed by atoms with E-state index in [0.29, 0.717) is 12.8 Å². The van der Waals surface area contributed by atoms with Gasteiger partial charge in [-0.25, -0.2) is 0 Å². The molecule has 0 aliphatic carbocycles. The zero-order valence-corrected chi connectivity index (χ0v) is 13.5. The number of benzene rings is 1. The molecule has 0 radical (unpaired) electrons. The molecule has 1 aliphatic rings. The summed E-state index contributed by atoms with van der Waals surface area (Å²) in [6.07, 6.45) is 2.85. The van der Waals surface area contributed by atoms with Crippen molar-refractivity contribution in [3.63, 3.8) is 0 Å². The van der Waals surface area contributed by atoms with Gasteiger partial charge in [0, 0.05) is 26.4 Å². The summed E-state index contributed by atoms with van der Waals surface area (Å²) in [4.78, 5) is 19.3. The zero-order chi connectivity index (χ0) is 15.9. The van der Waals surface area contributed by atoms with Gasteiger partial charge >= 0.3 is 0 Å². The average molecular weight is 304 g/mol. The Hall–Kier alpha value is -2.04. The fraction of sp³-hybridized carbons (Fsp3) is 0.529. The van der Waals surface area contributed by atoms with E-state index in [-0.39, 0.29) is 5.91 Å². The van der Waals surface area contributed by atoms with Gasteiger partial charge < -0.3 is 14.5 Å². The van der Waals surface area contributed by atoms with Crippen molar-refractivity contribution in [1.82, 2.24) is 4.90 Å².